The summed E-state index contributed by atoms with van der Waals surface area (Å²) >= 11 is 0. The molecule has 0 atom stereocenters. The van der Waals surface area contributed by atoms with Gasteiger partial charge in [0.2, 0.25) is 0 Å². The molecular formula is C20H23NO. The van der Waals surface area contributed by atoms with Crippen molar-refractivity contribution in [2.75, 3.05) is 13.1 Å². The monoisotopic (exact) mass is 293 g/mol. The minimum absolute atomic E-state index is 0.211. The number of hydrogen-bond acceptors (Lipinski definition) is 1. The Bertz CT molecular complexity index is 615. The van der Waals surface area contributed by atoms with Crippen molar-refractivity contribution in [1.82, 2.24) is 4.90 Å². The van der Waals surface area contributed by atoms with Crippen LogP contribution in [0.3, 0.4) is 0 Å². The third-order valence-corrected chi connectivity index (χ3v) is 4.42. The van der Waals surface area contributed by atoms with Gasteiger partial charge in [-0.2, -0.15) is 0 Å². The molecule has 22 heavy (non-hydrogen) atoms. The number of aryl methyl sites for hydroxylation is 2. The van der Waals surface area contributed by atoms with Crippen LogP contribution in [0.5, 0.6) is 0 Å². The van der Waals surface area contributed by atoms with Crippen molar-refractivity contribution in [3.05, 3.63) is 71.3 Å². The van der Waals surface area contributed by atoms with Crippen molar-refractivity contribution < 1.29 is 4.79 Å². The van der Waals surface area contributed by atoms with E-state index in [0.717, 1.165) is 44.3 Å². The summed E-state index contributed by atoms with van der Waals surface area (Å²) in [4.78, 5) is 14.8. The molecule has 1 heterocycles. The third-order valence-electron chi connectivity index (χ3n) is 4.42. The highest BCUT2D eigenvalue weighted by atomic mass is 16.2. The van der Waals surface area contributed by atoms with E-state index in [1.807, 2.05) is 29.2 Å². The third kappa shape index (κ3) is 3.56. The maximum Gasteiger partial charge on any atom is 0.254 e. The second-order valence-electron chi connectivity index (χ2n) is 6.00. The summed E-state index contributed by atoms with van der Waals surface area (Å²) in [7, 11) is 0. The van der Waals surface area contributed by atoms with Crippen LogP contribution in [0.1, 0.15) is 40.7 Å². The summed E-state index contributed by atoms with van der Waals surface area (Å²) < 4.78 is 0. The Hall–Kier alpha value is -2.09. The van der Waals surface area contributed by atoms with Crippen LogP contribution in [0.15, 0.2) is 54.6 Å². The number of rotatable bonds is 4. The Balaban J connectivity index is 1.73. The minimum atomic E-state index is 0.211. The summed E-state index contributed by atoms with van der Waals surface area (Å²) in [6.07, 6.45) is 5.42. The second kappa shape index (κ2) is 7.26. The maximum atomic E-state index is 12.8. The lowest BCUT2D eigenvalue weighted by Gasteiger charge is -2.27. The van der Waals surface area contributed by atoms with E-state index in [1.165, 1.54) is 17.5 Å². The highest BCUT2D eigenvalue weighted by Gasteiger charge is 2.20. The quantitative estimate of drug-likeness (QED) is 0.831. The van der Waals surface area contributed by atoms with Crippen LogP contribution in [-0.4, -0.2) is 23.9 Å². The fraction of sp³-hybridized carbons (Fsp3) is 0.350. The Labute approximate surface area is 132 Å². The van der Waals surface area contributed by atoms with Crippen LogP contribution in [0.2, 0.25) is 0 Å². The number of hydrogen-bond donors (Lipinski definition) is 0. The summed E-state index contributed by atoms with van der Waals surface area (Å²) in [5.74, 6) is 0.211. The molecular weight excluding hydrogens is 270 g/mol. The van der Waals surface area contributed by atoms with Crippen LogP contribution in [-0.2, 0) is 12.8 Å². The van der Waals surface area contributed by atoms with Gasteiger partial charge >= 0.3 is 0 Å². The molecule has 1 aliphatic heterocycles. The van der Waals surface area contributed by atoms with Crippen molar-refractivity contribution in [2.45, 2.75) is 32.1 Å². The fourth-order valence-electron chi connectivity index (χ4n) is 3.14. The summed E-state index contributed by atoms with van der Waals surface area (Å²) in [5.41, 5.74) is 3.38. The van der Waals surface area contributed by atoms with E-state index in [9.17, 15) is 4.79 Å². The zero-order valence-electron chi connectivity index (χ0n) is 13.0. The Kier molecular flexibility index (Phi) is 4.89. The van der Waals surface area contributed by atoms with Crippen LogP contribution >= 0.6 is 0 Å². The number of amides is 1. The van der Waals surface area contributed by atoms with Crippen molar-refractivity contribution in [3.8, 4) is 0 Å². The average molecular weight is 293 g/mol. The lowest BCUT2D eigenvalue weighted by molar-refractivity contribution is 0.0723. The van der Waals surface area contributed by atoms with E-state index in [0.29, 0.717) is 0 Å². The Morgan fingerprint density at radius 2 is 1.50 bits per heavy atom. The molecule has 1 amide bonds. The molecule has 2 aromatic carbocycles. The average Bonchev–Trinajstić information content (AvgIpc) is 2.61. The first-order chi connectivity index (χ1) is 10.8. The highest BCUT2D eigenvalue weighted by molar-refractivity contribution is 5.95. The molecule has 0 aromatic heterocycles. The van der Waals surface area contributed by atoms with Gasteiger partial charge in [-0.05, 0) is 49.3 Å². The molecule has 2 heteroatoms. The van der Waals surface area contributed by atoms with Crippen molar-refractivity contribution in [2.24, 2.45) is 0 Å². The molecule has 0 N–H and O–H groups in total. The van der Waals surface area contributed by atoms with Gasteiger partial charge in [0.05, 0.1) is 0 Å². The zero-order valence-corrected chi connectivity index (χ0v) is 13.0. The second-order valence-corrected chi connectivity index (χ2v) is 6.00. The molecule has 2 aromatic rings. The molecule has 0 aliphatic carbocycles. The van der Waals surface area contributed by atoms with Gasteiger partial charge in [-0.3, -0.25) is 4.79 Å². The number of carbonyl (C=O) groups excluding carboxylic acids is 1. The van der Waals surface area contributed by atoms with Gasteiger partial charge in [-0.25, -0.2) is 0 Å². The first-order valence-electron chi connectivity index (χ1n) is 8.26. The van der Waals surface area contributed by atoms with Gasteiger partial charge in [0, 0.05) is 18.7 Å². The van der Waals surface area contributed by atoms with Crippen molar-refractivity contribution in [1.29, 1.82) is 0 Å². The van der Waals surface area contributed by atoms with Gasteiger partial charge in [0.1, 0.15) is 0 Å². The Morgan fingerprint density at radius 1 is 0.818 bits per heavy atom. The van der Waals surface area contributed by atoms with Gasteiger partial charge in [0.25, 0.3) is 5.91 Å². The van der Waals surface area contributed by atoms with Gasteiger partial charge in [-0.1, -0.05) is 48.5 Å². The summed E-state index contributed by atoms with van der Waals surface area (Å²) in [6.45, 7) is 1.82. The van der Waals surface area contributed by atoms with E-state index in [2.05, 4.69) is 30.3 Å². The topological polar surface area (TPSA) is 20.3 Å². The maximum absolute atomic E-state index is 12.8. The number of nitrogens with zero attached hydrogens (tertiary/aromatic N) is 1. The molecule has 2 nitrogen and oxygen atoms in total. The molecule has 0 spiro atoms. The predicted molar refractivity (Wildman–Crippen MR) is 90.0 cm³/mol. The van der Waals surface area contributed by atoms with E-state index in [-0.39, 0.29) is 5.91 Å². The van der Waals surface area contributed by atoms with Gasteiger partial charge in [0.15, 0.2) is 0 Å². The molecule has 114 valence electrons. The summed E-state index contributed by atoms with van der Waals surface area (Å²) in [6, 6.07) is 18.6. The van der Waals surface area contributed by atoms with E-state index >= 15 is 0 Å². The molecule has 1 fully saturated rings. The van der Waals surface area contributed by atoms with Crippen molar-refractivity contribution >= 4 is 5.91 Å². The molecule has 0 bridgehead atoms. The molecule has 0 unspecified atom stereocenters. The normalized spacial score (nSPS) is 14.8. The minimum Gasteiger partial charge on any atom is -0.339 e. The number of benzene rings is 2. The van der Waals surface area contributed by atoms with Crippen LogP contribution in [0.4, 0.5) is 0 Å². The van der Waals surface area contributed by atoms with Gasteiger partial charge in [-0.15, -0.1) is 0 Å². The SMILES string of the molecule is O=C(c1ccccc1CCc1ccccc1)N1CCCCC1. The largest absolute Gasteiger partial charge is 0.339 e. The standard InChI is InChI=1S/C20H23NO/c22-20(21-15-7-2-8-16-21)19-12-6-5-11-18(19)14-13-17-9-3-1-4-10-17/h1,3-6,9-12H,2,7-8,13-16H2. The Morgan fingerprint density at radius 3 is 2.27 bits per heavy atom. The van der Waals surface area contributed by atoms with E-state index < -0.39 is 0 Å². The zero-order chi connectivity index (χ0) is 15.2. The molecule has 3 rings (SSSR count). The lowest BCUT2D eigenvalue weighted by atomic mass is 9.98. The first kappa shape index (κ1) is 14.8. The van der Waals surface area contributed by atoms with Crippen LogP contribution in [0, 0.1) is 0 Å². The molecule has 0 saturated carbocycles. The van der Waals surface area contributed by atoms with E-state index in [4.69, 9.17) is 0 Å². The first-order valence-corrected chi connectivity index (χ1v) is 8.26. The predicted octanol–water partition coefficient (Wildman–Crippen LogP) is 4.10. The highest BCUT2D eigenvalue weighted by Crippen LogP contribution is 2.18. The number of likely N-dealkylation sites (tertiary alicyclic amines) is 1. The molecule has 1 saturated heterocycles. The summed E-state index contributed by atoms with van der Waals surface area (Å²) in [5, 5.41) is 0. The fourth-order valence-corrected chi connectivity index (χ4v) is 3.14. The van der Waals surface area contributed by atoms with Gasteiger partial charge < -0.3 is 4.90 Å². The van der Waals surface area contributed by atoms with Crippen molar-refractivity contribution in [3.63, 3.8) is 0 Å². The number of carbonyl (C=O) groups is 1. The van der Waals surface area contributed by atoms with Crippen LogP contribution < -0.4 is 0 Å². The molecule has 0 radical (unpaired) electrons. The number of piperidine rings is 1. The lowest BCUT2D eigenvalue weighted by Crippen LogP contribution is -2.36. The smallest absolute Gasteiger partial charge is 0.254 e. The van der Waals surface area contributed by atoms with Crippen LogP contribution in [0.25, 0.3) is 0 Å². The molecule has 1 aliphatic rings. The van der Waals surface area contributed by atoms with E-state index in [1.54, 1.807) is 0 Å².